The van der Waals surface area contributed by atoms with E-state index in [1.54, 1.807) is 12.4 Å². The van der Waals surface area contributed by atoms with Gasteiger partial charge in [0.05, 0.1) is 17.4 Å². The number of halogens is 1. The number of anilines is 1. The third-order valence-corrected chi connectivity index (χ3v) is 6.23. The molecule has 2 aromatic heterocycles. The van der Waals surface area contributed by atoms with E-state index in [1.165, 1.54) is 12.1 Å². The standard InChI is InChI=1S/C21H23FN6/c1-26-13-14-28-18(16-3-5-17(22)6-4-16)15-25-19(28)21(26)7-11-27(12-8-21)20-23-9-2-10-24-20/h2-6,9-10,15H,7-8,11-14H2,1H3. The van der Waals surface area contributed by atoms with Gasteiger partial charge in [-0.05, 0) is 55.8 Å². The van der Waals surface area contributed by atoms with Crippen molar-refractivity contribution < 1.29 is 4.39 Å². The second-order valence-corrected chi connectivity index (χ2v) is 7.61. The number of hydrogen-bond acceptors (Lipinski definition) is 5. The molecule has 1 aromatic carbocycles. The monoisotopic (exact) mass is 378 g/mol. The van der Waals surface area contributed by atoms with Crippen LogP contribution in [0.15, 0.2) is 48.9 Å². The van der Waals surface area contributed by atoms with Crippen molar-refractivity contribution in [2.45, 2.75) is 24.9 Å². The maximum Gasteiger partial charge on any atom is 0.225 e. The molecule has 2 aliphatic rings. The summed E-state index contributed by atoms with van der Waals surface area (Å²) in [5, 5.41) is 0. The SMILES string of the molecule is CN1CCn2c(-c3ccc(F)cc3)cnc2C12CCN(c1ncccn1)CC2. The number of benzene rings is 1. The maximum atomic E-state index is 13.3. The van der Waals surface area contributed by atoms with Crippen LogP contribution in [-0.2, 0) is 12.1 Å². The highest BCUT2D eigenvalue weighted by Crippen LogP contribution is 2.41. The number of piperidine rings is 1. The minimum Gasteiger partial charge on any atom is -0.341 e. The molecular formula is C21H23FN6. The molecular weight excluding hydrogens is 355 g/mol. The van der Waals surface area contributed by atoms with Crippen molar-refractivity contribution in [2.75, 3.05) is 31.6 Å². The van der Waals surface area contributed by atoms with Crippen LogP contribution in [0.2, 0.25) is 0 Å². The average molecular weight is 378 g/mol. The van der Waals surface area contributed by atoms with Crippen LogP contribution < -0.4 is 4.90 Å². The first-order chi connectivity index (χ1) is 13.7. The molecule has 0 bridgehead atoms. The van der Waals surface area contributed by atoms with Gasteiger partial charge in [0.15, 0.2) is 0 Å². The van der Waals surface area contributed by atoms with E-state index in [1.807, 2.05) is 24.4 Å². The van der Waals surface area contributed by atoms with Gasteiger partial charge in [-0.25, -0.2) is 19.3 Å². The highest BCUT2D eigenvalue weighted by atomic mass is 19.1. The van der Waals surface area contributed by atoms with Gasteiger partial charge in [0.2, 0.25) is 5.95 Å². The molecule has 6 nitrogen and oxygen atoms in total. The van der Waals surface area contributed by atoms with Crippen molar-refractivity contribution in [3.8, 4) is 11.3 Å². The summed E-state index contributed by atoms with van der Waals surface area (Å²) in [5.41, 5.74) is 1.99. The van der Waals surface area contributed by atoms with Crippen LogP contribution >= 0.6 is 0 Å². The number of hydrogen-bond donors (Lipinski definition) is 0. The van der Waals surface area contributed by atoms with Gasteiger partial charge >= 0.3 is 0 Å². The highest BCUT2D eigenvalue weighted by molar-refractivity contribution is 5.59. The molecule has 0 radical (unpaired) electrons. The van der Waals surface area contributed by atoms with Gasteiger partial charge in [0, 0.05) is 38.6 Å². The van der Waals surface area contributed by atoms with Gasteiger partial charge in [-0.1, -0.05) is 0 Å². The van der Waals surface area contributed by atoms with Gasteiger partial charge in [0.1, 0.15) is 11.6 Å². The van der Waals surface area contributed by atoms with Crippen molar-refractivity contribution >= 4 is 5.95 Å². The summed E-state index contributed by atoms with van der Waals surface area (Å²) in [5.74, 6) is 1.70. The molecule has 7 heteroatoms. The Balaban J connectivity index is 1.47. The van der Waals surface area contributed by atoms with E-state index in [0.29, 0.717) is 0 Å². The van der Waals surface area contributed by atoms with E-state index in [4.69, 9.17) is 4.98 Å². The summed E-state index contributed by atoms with van der Waals surface area (Å²) < 4.78 is 15.7. The van der Waals surface area contributed by atoms with Gasteiger partial charge in [-0.3, -0.25) is 4.90 Å². The molecule has 4 heterocycles. The lowest BCUT2D eigenvalue weighted by Gasteiger charge is -2.49. The minimum atomic E-state index is -0.214. The lowest BCUT2D eigenvalue weighted by atomic mass is 9.83. The molecule has 0 aliphatic carbocycles. The molecule has 0 atom stereocenters. The quantitative estimate of drug-likeness (QED) is 0.686. The lowest BCUT2D eigenvalue weighted by Crippen LogP contribution is -2.56. The highest BCUT2D eigenvalue weighted by Gasteiger charge is 2.46. The Bertz CT molecular complexity index is 960. The van der Waals surface area contributed by atoms with Crippen molar-refractivity contribution in [2.24, 2.45) is 0 Å². The van der Waals surface area contributed by atoms with E-state index >= 15 is 0 Å². The molecule has 0 N–H and O–H groups in total. The van der Waals surface area contributed by atoms with Crippen LogP contribution in [0.4, 0.5) is 10.3 Å². The number of likely N-dealkylation sites (N-methyl/N-ethyl adjacent to an activating group) is 1. The number of rotatable bonds is 2. The zero-order valence-electron chi connectivity index (χ0n) is 15.9. The van der Waals surface area contributed by atoms with Crippen molar-refractivity contribution in [3.63, 3.8) is 0 Å². The average Bonchev–Trinajstić information content (AvgIpc) is 3.18. The maximum absolute atomic E-state index is 13.3. The first-order valence-corrected chi connectivity index (χ1v) is 9.72. The van der Waals surface area contributed by atoms with Crippen molar-refractivity contribution in [1.82, 2.24) is 24.4 Å². The van der Waals surface area contributed by atoms with Crippen LogP contribution in [0.1, 0.15) is 18.7 Å². The van der Waals surface area contributed by atoms with E-state index in [2.05, 4.69) is 31.4 Å². The molecule has 2 aliphatic heterocycles. The van der Waals surface area contributed by atoms with Crippen LogP contribution in [0.3, 0.4) is 0 Å². The van der Waals surface area contributed by atoms with E-state index in [9.17, 15) is 4.39 Å². The molecule has 3 aromatic rings. The molecule has 1 fully saturated rings. The van der Waals surface area contributed by atoms with Gasteiger partial charge in [-0.15, -0.1) is 0 Å². The Morgan fingerprint density at radius 3 is 2.36 bits per heavy atom. The smallest absolute Gasteiger partial charge is 0.225 e. The summed E-state index contributed by atoms with van der Waals surface area (Å²) in [6, 6.07) is 8.54. The number of aromatic nitrogens is 4. The van der Waals surface area contributed by atoms with Crippen molar-refractivity contribution in [3.05, 3.63) is 60.6 Å². The molecule has 5 rings (SSSR count). The Morgan fingerprint density at radius 1 is 0.929 bits per heavy atom. The van der Waals surface area contributed by atoms with E-state index < -0.39 is 0 Å². The predicted octanol–water partition coefficient (Wildman–Crippen LogP) is 2.92. The first-order valence-electron chi connectivity index (χ1n) is 9.72. The second-order valence-electron chi connectivity index (χ2n) is 7.61. The number of imidazole rings is 1. The third-order valence-electron chi connectivity index (χ3n) is 6.23. The van der Waals surface area contributed by atoms with Crippen LogP contribution in [-0.4, -0.2) is 51.1 Å². The van der Waals surface area contributed by atoms with Gasteiger partial charge < -0.3 is 9.47 Å². The lowest BCUT2D eigenvalue weighted by molar-refractivity contribution is 0.0496. The molecule has 1 saturated heterocycles. The Morgan fingerprint density at radius 2 is 1.64 bits per heavy atom. The number of nitrogens with zero attached hydrogens (tertiary/aromatic N) is 6. The Hall–Kier alpha value is -2.80. The zero-order chi connectivity index (χ0) is 19.1. The summed E-state index contributed by atoms with van der Waals surface area (Å²) >= 11 is 0. The summed E-state index contributed by atoms with van der Waals surface area (Å²) in [7, 11) is 2.20. The van der Waals surface area contributed by atoms with Crippen LogP contribution in [0.5, 0.6) is 0 Å². The molecule has 0 unspecified atom stereocenters. The zero-order valence-corrected chi connectivity index (χ0v) is 15.9. The molecule has 144 valence electrons. The second kappa shape index (κ2) is 6.67. The fourth-order valence-electron chi connectivity index (χ4n) is 4.60. The predicted molar refractivity (Wildman–Crippen MR) is 105 cm³/mol. The van der Waals surface area contributed by atoms with E-state index in [-0.39, 0.29) is 11.4 Å². The van der Waals surface area contributed by atoms with E-state index in [0.717, 1.165) is 62.1 Å². The summed E-state index contributed by atoms with van der Waals surface area (Å²) in [6.07, 6.45) is 7.47. The molecule has 0 amide bonds. The minimum absolute atomic E-state index is 0.0815. The fourth-order valence-corrected chi connectivity index (χ4v) is 4.60. The van der Waals surface area contributed by atoms with Gasteiger partial charge in [-0.2, -0.15) is 0 Å². The molecule has 0 saturated carbocycles. The Labute approximate surface area is 163 Å². The largest absolute Gasteiger partial charge is 0.341 e. The summed E-state index contributed by atoms with van der Waals surface area (Å²) in [4.78, 5) is 18.4. The van der Waals surface area contributed by atoms with Crippen LogP contribution in [0, 0.1) is 5.82 Å². The summed E-state index contributed by atoms with van der Waals surface area (Å²) in [6.45, 7) is 3.66. The Kier molecular flexibility index (Phi) is 4.12. The molecule has 1 spiro atoms. The fraction of sp³-hybridized carbons (Fsp3) is 0.381. The third kappa shape index (κ3) is 2.69. The number of fused-ring (bicyclic) bond motifs is 2. The topological polar surface area (TPSA) is 50.1 Å². The van der Waals surface area contributed by atoms with Gasteiger partial charge in [0.25, 0.3) is 0 Å². The molecule has 28 heavy (non-hydrogen) atoms. The van der Waals surface area contributed by atoms with Crippen LogP contribution in [0.25, 0.3) is 11.3 Å². The van der Waals surface area contributed by atoms with Crippen molar-refractivity contribution in [1.29, 1.82) is 0 Å². The first kappa shape index (κ1) is 17.3. The normalized spacial score (nSPS) is 19.0.